The molecular weight excluding hydrogens is 610 g/mol. The monoisotopic (exact) mass is 667 g/mol. The zero-order chi connectivity index (χ0) is 36.0. The van der Waals surface area contributed by atoms with Crippen molar-refractivity contribution < 1.29 is 38.7 Å². The third kappa shape index (κ3) is 13.1. The third-order valence-corrected chi connectivity index (χ3v) is 8.62. The first-order chi connectivity index (χ1) is 21.9. The maximum absolute atomic E-state index is 13.3. The van der Waals surface area contributed by atoms with E-state index in [9.17, 15) is 33.6 Å². The number of hydrogen-bond acceptors (Lipinski definition) is 8. The molecule has 1 heterocycles. The molecule has 0 aromatic carbocycles. The standard InChI is InChI=1S/C32H57N7O8/c1-9-19(7)25(33)32(47)39-13-11-12-22(39)29(44)37-26(18(5)6)30(45)34-15-23(40)36-21(14-17(3)4)28(43)38-27(20(8)10-2)31(46)35-16-24(41)42/h17-22,25-27H,9-16,33H2,1-8H3,(H,34,45)(H,35,46)(H,36,40)(H,37,44)(H,38,43)(H,41,42)/t19-,20-,21-,22-,25-,26-,27-/m0/s1. The SMILES string of the molecule is CC[C@H](C)[C@H](N)C(=O)N1CCC[C@H]1C(=O)N[C@H](C(=O)NCC(=O)N[C@@H](CC(C)C)C(=O)N[C@H](C(=O)NCC(=O)O)[C@@H](C)CC)C(C)C. The molecule has 0 spiro atoms. The summed E-state index contributed by atoms with van der Waals surface area (Å²) >= 11 is 0. The smallest absolute Gasteiger partial charge is 0.322 e. The second kappa shape index (κ2) is 19.8. The van der Waals surface area contributed by atoms with Gasteiger partial charge in [-0.05, 0) is 42.9 Å². The highest BCUT2D eigenvalue weighted by Crippen LogP contribution is 2.21. The highest BCUT2D eigenvalue weighted by Gasteiger charge is 2.39. The van der Waals surface area contributed by atoms with E-state index in [1.54, 1.807) is 20.8 Å². The van der Waals surface area contributed by atoms with Gasteiger partial charge in [0.15, 0.2) is 0 Å². The minimum Gasteiger partial charge on any atom is -0.480 e. The van der Waals surface area contributed by atoms with E-state index in [1.165, 1.54) is 4.90 Å². The predicted molar refractivity (Wildman–Crippen MR) is 175 cm³/mol. The Morgan fingerprint density at radius 2 is 1.36 bits per heavy atom. The van der Waals surface area contributed by atoms with E-state index in [0.29, 0.717) is 32.2 Å². The summed E-state index contributed by atoms with van der Waals surface area (Å²) in [5.41, 5.74) is 6.15. The van der Waals surface area contributed by atoms with Gasteiger partial charge in [0.05, 0.1) is 12.6 Å². The van der Waals surface area contributed by atoms with Crippen LogP contribution in [0.3, 0.4) is 0 Å². The van der Waals surface area contributed by atoms with Crippen LogP contribution in [0.1, 0.15) is 87.5 Å². The largest absolute Gasteiger partial charge is 0.480 e. The first-order valence-electron chi connectivity index (χ1n) is 16.7. The van der Waals surface area contributed by atoms with Crippen LogP contribution in [0.25, 0.3) is 0 Å². The van der Waals surface area contributed by atoms with Gasteiger partial charge in [0.25, 0.3) is 0 Å². The van der Waals surface area contributed by atoms with Gasteiger partial charge in [-0.3, -0.25) is 33.6 Å². The Hall–Kier alpha value is -3.75. The van der Waals surface area contributed by atoms with E-state index in [1.807, 2.05) is 34.6 Å². The molecule has 15 nitrogen and oxygen atoms in total. The number of carboxylic acids is 1. The van der Waals surface area contributed by atoms with E-state index < -0.39 is 78.8 Å². The number of nitrogens with two attached hydrogens (primary N) is 1. The molecule has 6 amide bonds. The predicted octanol–water partition coefficient (Wildman–Crippen LogP) is -0.130. The van der Waals surface area contributed by atoms with Gasteiger partial charge in [-0.2, -0.15) is 0 Å². The summed E-state index contributed by atoms with van der Waals surface area (Å²) in [5, 5.41) is 21.7. The molecule has 0 saturated carbocycles. The van der Waals surface area contributed by atoms with Gasteiger partial charge < -0.3 is 42.3 Å². The maximum Gasteiger partial charge on any atom is 0.322 e. The number of carboxylic acid groups (broad SMARTS) is 1. The molecule has 15 heteroatoms. The Labute approximate surface area is 278 Å². The van der Waals surface area contributed by atoms with E-state index in [2.05, 4.69) is 26.6 Å². The lowest BCUT2D eigenvalue weighted by Gasteiger charge is -2.30. The number of carbonyl (C=O) groups is 7. The van der Waals surface area contributed by atoms with Gasteiger partial charge in [-0.15, -0.1) is 0 Å². The van der Waals surface area contributed by atoms with Crippen molar-refractivity contribution in [3.05, 3.63) is 0 Å². The van der Waals surface area contributed by atoms with Gasteiger partial charge in [-0.1, -0.05) is 68.2 Å². The van der Waals surface area contributed by atoms with Crippen molar-refractivity contribution in [2.24, 2.45) is 29.4 Å². The van der Waals surface area contributed by atoms with Crippen molar-refractivity contribution in [1.82, 2.24) is 31.5 Å². The van der Waals surface area contributed by atoms with E-state index in [0.717, 1.165) is 0 Å². The van der Waals surface area contributed by atoms with Gasteiger partial charge in [-0.25, -0.2) is 0 Å². The highest BCUT2D eigenvalue weighted by atomic mass is 16.4. The highest BCUT2D eigenvalue weighted by molar-refractivity contribution is 5.96. The third-order valence-electron chi connectivity index (χ3n) is 8.62. The fourth-order valence-electron chi connectivity index (χ4n) is 5.23. The lowest BCUT2D eigenvalue weighted by atomic mass is 9.96. The molecule has 1 saturated heterocycles. The summed E-state index contributed by atoms with van der Waals surface area (Å²) in [6.07, 6.45) is 2.54. The number of amides is 6. The number of likely N-dealkylation sites (tertiary alicyclic amines) is 1. The van der Waals surface area contributed by atoms with Gasteiger partial charge in [0.2, 0.25) is 35.4 Å². The van der Waals surface area contributed by atoms with Crippen LogP contribution in [-0.2, 0) is 33.6 Å². The molecule has 0 aromatic rings. The molecule has 0 aliphatic carbocycles. The molecule has 8 N–H and O–H groups in total. The first-order valence-corrected chi connectivity index (χ1v) is 16.7. The fourth-order valence-corrected chi connectivity index (χ4v) is 5.23. The number of carbonyl (C=O) groups excluding carboxylic acids is 6. The van der Waals surface area contributed by atoms with Crippen LogP contribution in [0.2, 0.25) is 0 Å². The summed E-state index contributed by atoms with van der Waals surface area (Å²) in [4.78, 5) is 90.7. The van der Waals surface area contributed by atoms with Crippen molar-refractivity contribution in [2.75, 3.05) is 19.6 Å². The number of rotatable bonds is 19. The second-order valence-electron chi connectivity index (χ2n) is 13.3. The van der Waals surface area contributed by atoms with Crippen LogP contribution in [0.5, 0.6) is 0 Å². The summed E-state index contributed by atoms with van der Waals surface area (Å²) < 4.78 is 0. The van der Waals surface area contributed by atoms with Crippen LogP contribution in [-0.4, -0.2) is 101 Å². The summed E-state index contributed by atoms with van der Waals surface area (Å²) in [7, 11) is 0. The van der Waals surface area contributed by atoms with Crippen molar-refractivity contribution >= 4 is 41.4 Å². The quantitative estimate of drug-likeness (QED) is 0.0972. The first kappa shape index (κ1) is 41.3. The normalized spacial score (nSPS) is 18.4. The number of aliphatic carboxylic acids is 1. The van der Waals surface area contributed by atoms with E-state index in [4.69, 9.17) is 10.8 Å². The maximum atomic E-state index is 13.3. The minimum absolute atomic E-state index is 0.0224. The zero-order valence-electron chi connectivity index (χ0n) is 29.2. The molecule has 0 bridgehead atoms. The van der Waals surface area contributed by atoms with E-state index in [-0.39, 0.29) is 36.0 Å². The van der Waals surface area contributed by atoms with Crippen LogP contribution < -0.4 is 32.3 Å². The Morgan fingerprint density at radius 1 is 0.787 bits per heavy atom. The molecule has 0 aromatic heterocycles. The Bertz CT molecular complexity index is 1120. The molecule has 1 aliphatic rings. The summed E-state index contributed by atoms with van der Waals surface area (Å²) in [5.74, 6) is -5.27. The van der Waals surface area contributed by atoms with Gasteiger partial charge >= 0.3 is 5.97 Å². The van der Waals surface area contributed by atoms with Crippen LogP contribution in [0.4, 0.5) is 0 Å². The molecule has 1 rings (SSSR count). The van der Waals surface area contributed by atoms with Crippen LogP contribution in [0, 0.1) is 23.7 Å². The average Bonchev–Trinajstić information content (AvgIpc) is 3.51. The molecule has 0 unspecified atom stereocenters. The Morgan fingerprint density at radius 3 is 1.89 bits per heavy atom. The molecule has 0 radical (unpaired) electrons. The minimum atomic E-state index is -1.23. The van der Waals surface area contributed by atoms with Crippen LogP contribution >= 0.6 is 0 Å². The molecule has 268 valence electrons. The van der Waals surface area contributed by atoms with Gasteiger partial charge in [0, 0.05) is 6.54 Å². The Balaban J connectivity index is 2.91. The van der Waals surface area contributed by atoms with Crippen molar-refractivity contribution in [3.8, 4) is 0 Å². The second-order valence-corrected chi connectivity index (χ2v) is 13.3. The van der Waals surface area contributed by atoms with Crippen molar-refractivity contribution in [3.63, 3.8) is 0 Å². The van der Waals surface area contributed by atoms with Crippen molar-refractivity contribution in [1.29, 1.82) is 0 Å². The number of nitrogens with zero attached hydrogens (tertiary/aromatic N) is 1. The lowest BCUT2D eigenvalue weighted by Crippen LogP contribution is -2.58. The molecule has 47 heavy (non-hydrogen) atoms. The summed E-state index contributed by atoms with van der Waals surface area (Å²) in [6, 6.07) is -4.54. The molecule has 1 fully saturated rings. The topological polar surface area (TPSA) is 229 Å². The zero-order valence-corrected chi connectivity index (χ0v) is 29.2. The average molecular weight is 668 g/mol. The van der Waals surface area contributed by atoms with Crippen LogP contribution in [0.15, 0.2) is 0 Å². The number of nitrogens with one attached hydrogen (secondary N) is 5. The Kier molecular flexibility index (Phi) is 17.4. The molecular formula is C32H57N7O8. The molecule has 7 atom stereocenters. The van der Waals surface area contributed by atoms with Gasteiger partial charge in [0.1, 0.15) is 30.7 Å². The number of hydrogen-bond donors (Lipinski definition) is 7. The molecule has 1 aliphatic heterocycles. The lowest BCUT2D eigenvalue weighted by molar-refractivity contribution is -0.141. The fraction of sp³-hybridized carbons (Fsp3) is 0.781. The van der Waals surface area contributed by atoms with E-state index >= 15 is 0 Å². The summed E-state index contributed by atoms with van der Waals surface area (Å²) in [6.45, 7) is 13.9. The van der Waals surface area contributed by atoms with Crippen molar-refractivity contribution in [2.45, 2.75) is 118 Å².